The van der Waals surface area contributed by atoms with Crippen molar-refractivity contribution < 1.29 is 17.2 Å². The number of nitrogens with zero attached hydrogens (tertiary/aromatic N) is 2. The van der Waals surface area contributed by atoms with E-state index < -0.39 is 10.0 Å². The molecule has 9 heteroatoms. The summed E-state index contributed by atoms with van der Waals surface area (Å²) >= 11 is 0. The molecule has 0 atom stereocenters. The first-order valence-corrected chi connectivity index (χ1v) is 12.6. The average Bonchev–Trinajstić information content (AvgIpc) is 3.55. The van der Waals surface area contributed by atoms with Crippen LogP contribution in [0.25, 0.3) is 22.5 Å². The molecular formula is C27H22F2N4O2S. The first-order valence-electron chi connectivity index (χ1n) is 11.2. The number of hydrogen-bond donors (Lipinski definition) is 2. The molecule has 3 aromatic heterocycles. The van der Waals surface area contributed by atoms with Gasteiger partial charge in [0.2, 0.25) is 10.0 Å². The number of pyridine rings is 1. The van der Waals surface area contributed by atoms with E-state index in [-0.39, 0.29) is 29.6 Å². The van der Waals surface area contributed by atoms with Gasteiger partial charge in [-0.3, -0.25) is 4.98 Å². The second kappa shape index (κ2) is 9.88. The van der Waals surface area contributed by atoms with Crippen LogP contribution in [0.2, 0.25) is 0 Å². The summed E-state index contributed by atoms with van der Waals surface area (Å²) in [5, 5.41) is 0. The fourth-order valence-electron chi connectivity index (χ4n) is 4.01. The molecule has 0 saturated heterocycles. The molecule has 0 saturated carbocycles. The van der Waals surface area contributed by atoms with Gasteiger partial charge < -0.3 is 9.97 Å². The standard InChI is InChI=1S/C27H22F2N4O2S/c28-24-9-3-1-7-22(24)26-12-19(14-31-26)17-33(36(34,35)21-6-5-11-30-16-21)18-20-13-27(32-15-20)23-8-2-4-10-25(23)29/h1-16,31-32H,17-18H2. The molecule has 0 amide bonds. The zero-order valence-corrected chi connectivity index (χ0v) is 19.8. The molecule has 0 bridgehead atoms. The van der Waals surface area contributed by atoms with Crippen LogP contribution < -0.4 is 0 Å². The maximum absolute atomic E-state index is 14.3. The molecule has 2 N–H and O–H groups in total. The Hall–Kier alpha value is -4.08. The van der Waals surface area contributed by atoms with Gasteiger partial charge in [0, 0.05) is 60.4 Å². The van der Waals surface area contributed by atoms with E-state index in [1.807, 2.05) is 0 Å². The Kier molecular flexibility index (Phi) is 6.49. The van der Waals surface area contributed by atoms with Crippen molar-refractivity contribution in [1.82, 2.24) is 19.3 Å². The predicted molar refractivity (Wildman–Crippen MR) is 133 cm³/mol. The number of aromatic amines is 2. The van der Waals surface area contributed by atoms with Gasteiger partial charge in [-0.25, -0.2) is 17.2 Å². The number of benzene rings is 2. The SMILES string of the molecule is O=S(=O)(c1cccnc1)N(Cc1c[nH]c(-c2ccccc2F)c1)Cc1c[nH]c(-c2ccccc2F)c1. The van der Waals surface area contributed by atoms with Crippen LogP contribution >= 0.6 is 0 Å². The smallest absolute Gasteiger partial charge is 0.245 e. The average molecular weight is 505 g/mol. The largest absolute Gasteiger partial charge is 0.361 e. The van der Waals surface area contributed by atoms with E-state index in [4.69, 9.17) is 0 Å². The van der Waals surface area contributed by atoms with Gasteiger partial charge in [0.1, 0.15) is 16.5 Å². The Morgan fingerprint density at radius 3 is 1.75 bits per heavy atom. The van der Waals surface area contributed by atoms with Gasteiger partial charge in [0.15, 0.2) is 0 Å². The number of nitrogens with one attached hydrogen (secondary N) is 2. The Labute approximate surface area is 207 Å². The second-order valence-corrected chi connectivity index (χ2v) is 10.2. The van der Waals surface area contributed by atoms with Crippen LogP contribution in [0.3, 0.4) is 0 Å². The summed E-state index contributed by atoms with van der Waals surface area (Å²) in [4.78, 5) is 10.1. The van der Waals surface area contributed by atoms with E-state index >= 15 is 0 Å². The lowest BCUT2D eigenvalue weighted by atomic mass is 10.1. The van der Waals surface area contributed by atoms with Crippen molar-refractivity contribution in [3.05, 3.63) is 120 Å². The quantitative estimate of drug-likeness (QED) is 0.283. The molecule has 0 aliphatic heterocycles. The Morgan fingerprint density at radius 2 is 1.28 bits per heavy atom. The van der Waals surface area contributed by atoms with Crippen molar-refractivity contribution >= 4 is 10.0 Å². The van der Waals surface area contributed by atoms with Gasteiger partial charge in [-0.2, -0.15) is 4.31 Å². The van der Waals surface area contributed by atoms with Crippen molar-refractivity contribution in [2.75, 3.05) is 0 Å². The lowest BCUT2D eigenvalue weighted by molar-refractivity contribution is 0.401. The summed E-state index contributed by atoms with van der Waals surface area (Å²) in [6.07, 6.45) is 6.13. The minimum Gasteiger partial charge on any atom is -0.361 e. The summed E-state index contributed by atoms with van der Waals surface area (Å²) in [5.74, 6) is -0.752. The van der Waals surface area contributed by atoms with Gasteiger partial charge in [-0.15, -0.1) is 0 Å². The van der Waals surface area contributed by atoms with E-state index in [1.165, 1.54) is 34.9 Å². The minimum absolute atomic E-state index is 0.0302. The minimum atomic E-state index is -3.93. The Balaban J connectivity index is 1.47. The Morgan fingerprint density at radius 1 is 0.750 bits per heavy atom. The summed E-state index contributed by atoms with van der Waals surface area (Å²) in [6, 6.07) is 19.2. The molecule has 3 heterocycles. The molecular weight excluding hydrogens is 482 g/mol. The highest BCUT2D eigenvalue weighted by Crippen LogP contribution is 2.27. The zero-order valence-electron chi connectivity index (χ0n) is 19.0. The normalized spacial score (nSPS) is 11.8. The summed E-state index contributed by atoms with van der Waals surface area (Å²) < 4.78 is 56.9. The summed E-state index contributed by atoms with van der Waals surface area (Å²) in [7, 11) is -3.93. The molecule has 0 aliphatic rings. The first kappa shape index (κ1) is 23.7. The van der Waals surface area contributed by atoms with Crippen molar-refractivity contribution in [2.45, 2.75) is 18.0 Å². The summed E-state index contributed by atoms with van der Waals surface area (Å²) in [6.45, 7) is 0.0603. The third-order valence-electron chi connectivity index (χ3n) is 5.80. The second-order valence-electron chi connectivity index (χ2n) is 8.26. The molecule has 0 aliphatic carbocycles. The van der Waals surface area contributed by atoms with E-state index in [1.54, 1.807) is 67.0 Å². The fourth-order valence-corrected chi connectivity index (χ4v) is 5.39. The van der Waals surface area contributed by atoms with Crippen LogP contribution in [-0.2, 0) is 23.1 Å². The van der Waals surface area contributed by atoms with Gasteiger partial charge in [-0.05, 0) is 59.7 Å². The monoisotopic (exact) mass is 504 g/mol. The van der Waals surface area contributed by atoms with E-state index in [2.05, 4.69) is 15.0 Å². The number of H-pyrrole nitrogens is 2. The van der Waals surface area contributed by atoms with Gasteiger partial charge in [0.05, 0.1) is 0 Å². The fraction of sp³-hybridized carbons (Fsp3) is 0.0741. The van der Waals surface area contributed by atoms with Crippen molar-refractivity contribution in [2.24, 2.45) is 0 Å². The first-order chi connectivity index (χ1) is 17.4. The molecule has 5 rings (SSSR count). The van der Waals surface area contributed by atoms with E-state index in [9.17, 15) is 17.2 Å². The van der Waals surface area contributed by atoms with E-state index in [0.29, 0.717) is 33.6 Å². The molecule has 0 fully saturated rings. The molecule has 0 spiro atoms. The third-order valence-corrected chi connectivity index (χ3v) is 7.58. The van der Waals surface area contributed by atoms with Crippen molar-refractivity contribution in [3.8, 4) is 22.5 Å². The number of hydrogen-bond acceptors (Lipinski definition) is 3. The molecule has 36 heavy (non-hydrogen) atoms. The number of aromatic nitrogens is 3. The van der Waals surface area contributed by atoms with Gasteiger partial charge in [0.25, 0.3) is 0 Å². The van der Waals surface area contributed by atoms with Crippen molar-refractivity contribution in [3.63, 3.8) is 0 Å². The van der Waals surface area contributed by atoms with E-state index in [0.717, 1.165) is 0 Å². The summed E-state index contributed by atoms with van der Waals surface area (Å²) in [5.41, 5.74) is 3.20. The zero-order chi connectivity index (χ0) is 25.1. The topological polar surface area (TPSA) is 81.8 Å². The molecule has 0 unspecified atom stereocenters. The highest BCUT2D eigenvalue weighted by molar-refractivity contribution is 7.89. The maximum Gasteiger partial charge on any atom is 0.245 e. The third kappa shape index (κ3) is 4.84. The number of halogens is 2. The molecule has 2 aromatic carbocycles. The molecule has 182 valence electrons. The lowest BCUT2D eigenvalue weighted by Gasteiger charge is -2.21. The number of sulfonamides is 1. The van der Waals surface area contributed by atoms with Crippen molar-refractivity contribution in [1.29, 1.82) is 0 Å². The molecule has 0 radical (unpaired) electrons. The van der Waals surface area contributed by atoms with Crippen LogP contribution in [-0.4, -0.2) is 27.7 Å². The maximum atomic E-state index is 14.3. The molecule has 6 nitrogen and oxygen atoms in total. The van der Waals surface area contributed by atoms with Crippen LogP contribution in [0.4, 0.5) is 8.78 Å². The molecule has 5 aromatic rings. The van der Waals surface area contributed by atoms with Crippen LogP contribution in [0, 0.1) is 11.6 Å². The van der Waals surface area contributed by atoms with Crippen LogP contribution in [0.5, 0.6) is 0 Å². The highest BCUT2D eigenvalue weighted by atomic mass is 32.2. The van der Waals surface area contributed by atoms with Crippen LogP contribution in [0.15, 0.2) is 102 Å². The Bertz CT molecular complexity index is 1510. The van der Waals surface area contributed by atoms with Crippen LogP contribution in [0.1, 0.15) is 11.1 Å². The highest BCUT2D eigenvalue weighted by Gasteiger charge is 2.26. The predicted octanol–water partition coefficient (Wildman–Crippen LogP) is 5.74. The van der Waals surface area contributed by atoms with Gasteiger partial charge in [-0.1, -0.05) is 24.3 Å². The lowest BCUT2D eigenvalue weighted by Crippen LogP contribution is -2.30. The van der Waals surface area contributed by atoms with Gasteiger partial charge >= 0.3 is 0 Å². The number of rotatable bonds is 8.